The summed E-state index contributed by atoms with van der Waals surface area (Å²) in [6.45, 7) is 3.99. The number of piperidine rings is 1. The molecule has 4 nitrogen and oxygen atoms in total. The second-order valence-corrected chi connectivity index (χ2v) is 8.57. The first-order valence-corrected chi connectivity index (χ1v) is 10.8. The molecule has 0 unspecified atom stereocenters. The molecule has 1 aliphatic rings. The molecule has 0 bridgehead atoms. The van der Waals surface area contributed by atoms with Crippen molar-refractivity contribution in [2.75, 3.05) is 18.8 Å². The molecule has 1 fully saturated rings. The lowest BCUT2D eigenvalue weighted by atomic mass is 10.0. The number of aromatic nitrogens is 2. The van der Waals surface area contributed by atoms with Gasteiger partial charge in [0.2, 0.25) is 5.91 Å². The Labute approximate surface area is 161 Å². The van der Waals surface area contributed by atoms with E-state index in [2.05, 4.69) is 34.4 Å². The van der Waals surface area contributed by atoms with Crippen LogP contribution in [-0.4, -0.2) is 39.6 Å². The number of nitrogens with zero attached hydrogens (tertiary/aromatic N) is 3. The van der Waals surface area contributed by atoms with E-state index in [9.17, 15) is 4.79 Å². The molecule has 0 aliphatic carbocycles. The van der Waals surface area contributed by atoms with Gasteiger partial charge in [-0.15, -0.1) is 11.3 Å². The van der Waals surface area contributed by atoms with Crippen LogP contribution in [0.4, 0.5) is 0 Å². The van der Waals surface area contributed by atoms with Gasteiger partial charge in [0.05, 0.1) is 11.1 Å². The summed E-state index contributed by atoms with van der Waals surface area (Å²) < 4.78 is 0. The molecule has 1 saturated heterocycles. The molecule has 3 heterocycles. The van der Waals surface area contributed by atoms with Gasteiger partial charge in [-0.25, -0.2) is 9.97 Å². The molecule has 134 valence electrons. The van der Waals surface area contributed by atoms with Gasteiger partial charge in [-0.2, -0.15) is 0 Å². The molecule has 1 aromatic carbocycles. The van der Waals surface area contributed by atoms with E-state index in [-0.39, 0.29) is 5.91 Å². The summed E-state index contributed by atoms with van der Waals surface area (Å²) in [5.74, 6) is 1.25. The summed E-state index contributed by atoms with van der Waals surface area (Å²) in [4.78, 5) is 24.5. The second kappa shape index (κ2) is 7.76. The predicted molar refractivity (Wildman–Crippen MR) is 109 cm³/mol. The average molecular weight is 384 g/mol. The molecular weight excluding hydrogens is 362 g/mol. The van der Waals surface area contributed by atoms with Crippen LogP contribution in [0.3, 0.4) is 0 Å². The molecule has 0 saturated carbocycles. The molecule has 0 N–H and O–H groups in total. The highest BCUT2D eigenvalue weighted by atomic mass is 32.2. The molecule has 26 heavy (non-hydrogen) atoms. The second-order valence-electron chi connectivity index (χ2n) is 6.75. The Morgan fingerprint density at radius 3 is 2.96 bits per heavy atom. The van der Waals surface area contributed by atoms with Crippen LogP contribution < -0.4 is 0 Å². The summed E-state index contributed by atoms with van der Waals surface area (Å²) in [6.07, 6.45) is 3.93. The van der Waals surface area contributed by atoms with E-state index in [0.717, 1.165) is 45.9 Å². The maximum atomic E-state index is 12.6. The van der Waals surface area contributed by atoms with Gasteiger partial charge in [-0.1, -0.05) is 49.0 Å². The van der Waals surface area contributed by atoms with Gasteiger partial charge in [0.25, 0.3) is 0 Å². The van der Waals surface area contributed by atoms with E-state index in [1.807, 2.05) is 23.1 Å². The zero-order valence-corrected chi connectivity index (χ0v) is 16.4. The van der Waals surface area contributed by atoms with Crippen molar-refractivity contribution in [3.63, 3.8) is 0 Å². The molecule has 2 aromatic heterocycles. The fourth-order valence-corrected chi connectivity index (χ4v) is 5.32. The minimum atomic E-state index is 0.213. The quantitative estimate of drug-likeness (QED) is 0.483. The molecule has 4 rings (SSSR count). The van der Waals surface area contributed by atoms with Crippen LogP contribution >= 0.6 is 23.1 Å². The van der Waals surface area contributed by atoms with Crippen molar-refractivity contribution in [1.29, 1.82) is 0 Å². The first kappa shape index (κ1) is 17.5. The molecule has 1 aliphatic heterocycles. The van der Waals surface area contributed by atoms with Crippen LogP contribution in [0.15, 0.2) is 47.1 Å². The van der Waals surface area contributed by atoms with Gasteiger partial charge in [0, 0.05) is 24.0 Å². The lowest BCUT2D eigenvalue weighted by Gasteiger charge is -2.30. The zero-order valence-electron chi connectivity index (χ0n) is 14.7. The topological polar surface area (TPSA) is 46.1 Å². The zero-order chi connectivity index (χ0) is 17.9. The number of thiophene rings is 1. The Hall–Kier alpha value is -1.92. The summed E-state index contributed by atoms with van der Waals surface area (Å²) in [6, 6.07) is 10.3. The van der Waals surface area contributed by atoms with Crippen LogP contribution in [0.5, 0.6) is 0 Å². The molecule has 3 aromatic rings. The number of fused-ring (bicyclic) bond motifs is 1. The number of thioether (sulfide) groups is 1. The monoisotopic (exact) mass is 383 g/mol. The largest absolute Gasteiger partial charge is 0.342 e. The third-order valence-electron chi connectivity index (χ3n) is 4.76. The van der Waals surface area contributed by atoms with E-state index in [1.54, 1.807) is 17.7 Å². The third kappa shape index (κ3) is 3.62. The smallest absolute Gasteiger partial charge is 0.232 e. The van der Waals surface area contributed by atoms with Crippen LogP contribution in [-0.2, 0) is 4.79 Å². The Morgan fingerprint density at radius 1 is 1.31 bits per heavy atom. The molecule has 1 atom stereocenters. The first-order valence-electron chi connectivity index (χ1n) is 8.90. The number of amides is 1. The van der Waals surface area contributed by atoms with Crippen molar-refractivity contribution >= 4 is 39.2 Å². The van der Waals surface area contributed by atoms with Gasteiger partial charge < -0.3 is 4.90 Å². The van der Waals surface area contributed by atoms with E-state index in [1.165, 1.54) is 18.2 Å². The highest BCUT2D eigenvalue weighted by Gasteiger charge is 2.22. The van der Waals surface area contributed by atoms with Crippen LogP contribution in [0.1, 0.15) is 19.8 Å². The lowest BCUT2D eigenvalue weighted by molar-refractivity contribution is -0.130. The lowest BCUT2D eigenvalue weighted by Crippen LogP contribution is -2.40. The van der Waals surface area contributed by atoms with Gasteiger partial charge in [0.15, 0.2) is 0 Å². The number of benzene rings is 1. The van der Waals surface area contributed by atoms with Crippen molar-refractivity contribution in [2.45, 2.75) is 24.8 Å². The van der Waals surface area contributed by atoms with Crippen molar-refractivity contribution in [2.24, 2.45) is 5.92 Å². The number of rotatable bonds is 4. The normalized spacial score (nSPS) is 17.6. The molecule has 0 spiro atoms. The number of carbonyl (C=O) groups is 1. The molecule has 1 amide bonds. The highest BCUT2D eigenvalue weighted by Crippen LogP contribution is 2.37. The maximum Gasteiger partial charge on any atom is 0.232 e. The standard InChI is InChI=1S/C20H21N3OS2/c1-14-6-5-9-23(10-14)17(24)12-26-20-18-16(15-7-3-2-4-8-15)11-25-19(18)21-13-22-20/h2-4,7-8,11,13-14H,5-6,9-10,12H2,1H3/t14-/m0/s1. The first-order chi connectivity index (χ1) is 12.7. The SMILES string of the molecule is C[C@H]1CCCN(C(=O)CSc2ncnc3scc(-c4ccccc4)c23)C1. The molecular formula is C20H21N3OS2. The highest BCUT2D eigenvalue weighted by molar-refractivity contribution is 8.00. The van der Waals surface area contributed by atoms with Gasteiger partial charge in [-0.05, 0) is 24.3 Å². The van der Waals surface area contributed by atoms with Crippen molar-refractivity contribution in [1.82, 2.24) is 14.9 Å². The van der Waals surface area contributed by atoms with Crippen LogP contribution in [0, 0.1) is 5.92 Å². The minimum Gasteiger partial charge on any atom is -0.342 e. The van der Waals surface area contributed by atoms with Crippen molar-refractivity contribution in [3.05, 3.63) is 42.0 Å². The van der Waals surface area contributed by atoms with Gasteiger partial charge in [-0.3, -0.25) is 4.79 Å². The molecule has 0 radical (unpaired) electrons. The van der Waals surface area contributed by atoms with E-state index in [0.29, 0.717) is 11.7 Å². The average Bonchev–Trinajstić information content (AvgIpc) is 3.11. The summed E-state index contributed by atoms with van der Waals surface area (Å²) in [5.41, 5.74) is 2.30. The van der Waals surface area contributed by atoms with Crippen molar-refractivity contribution < 1.29 is 4.79 Å². The van der Waals surface area contributed by atoms with Crippen molar-refractivity contribution in [3.8, 4) is 11.1 Å². The van der Waals surface area contributed by atoms with E-state index in [4.69, 9.17) is 0 Å². The van der Waals surface area contributed by atoms with E-state index >= 15 is 0 Å². The Balaban J connectivity index is 1.57. The number of hydrogen-bond donors (Lipinski definition) is 0. The predicted octanol–water partition coefficient (Wildman–Crippen LogP) is 4.71. The summed E-state index contributed by atoms with van der Waals surface area (Å²) in [7, 11) is 0. The number of likely N-dealkylation sites (tertiary alicyclic amines) is 1. The number of carbonyl (C=O) groups excluding carboxylic acids is 1. The summed E-state index contributed by atoms with van der Waals surface area (Å²) in [5, 5.41) is 4.09. The maximum absolute atomic E-state index is 12.6. The minimum absolute atomic E-state index is 0.213. The fraction of sp³-hybridized carbons (Fsp3) is 0.350. The number of hydrogen-bond acceptors (Lipinski definition) is 5. The van der Waals surface area contributed by atoms with Gasteiger partial charge in [0.1, 0.15) is 16.2 Å². The summed E-state index contributed by atoms with van der Waals surface area (Å²) >= 11 is 3.16. The third-order valence-corrected chi connectivity index (χ3v) is 6.62. The fourth-order valence-electron chi connectivity index (χ4n) is 3.42. The Bertz CT molecular complexity index is 910. The Kier molecular flexibility index (Phi) is 5.22. The van der Waals surface area contributed by atoms with Crippen LogP contribution in [0.2, 0.25) is 0 Å². The van der Waals surface area contributed by atoms with Crippen LogP contribution in [0.25, 0.3) is 21.3 Å². The van der Waals surface area contributed by atoms with E-state index < -0.39 is 0 Å². The Morgan fingerprint density at radius 2 is 2.15 bits per heavy atom. The molecule has 6 heteroatoms. The van der Waals surface area contributed by atoms with Gasteiger partial charge >= 0.3 is 0 Å².